The Hall–Kier alpha value is -3.55. The summed E-state index contributed by atoms with van der Waals surface area (Å²) in [6.45, 7) is 13.7. The molecular formula is C31H37N5O2. The minimum Gasteiger partial charge on any atom is -0.386 e. The van der Waals surface area contributed by atoms with Crippen molar-refractivity contribution < 1.29 is 9.84 Å². The van der Waals surface area contributed by atoms with E-state index in [0.29, 0.717) is 5.92 Å². The Balaban J connectivity index is 1.83. The summed E-state index contributed by atoms with van der Waals surface area (Å²) in [5.74, 6) is 0.347. The fourth-order valence-electron chi connectivity index (χ4n) is 5.67. The lowest BCUT2D eigenvalue weighted by atomic mass is 9.86. The molecule has 7 nitrogen and oxygen atoms in total. The summed E-state index contributed by atoms with van der Waals surface area (Å²) < 4.78 is 9.94. The first kappa shape index (κ1) is 26.1. The highest BCUT2D eigenvalue weighted by molar-refractivity contribution is 6.07. The van der Waals surface area contributed by atoms with Crippen molar-refractivity contribution in [3.63, 3.8) is 0 Å². The van der Waals surface area contributed by atoms with Crippen molar-refractivity contribution in [3.05, 3.63) is 78.2 Å². The van der Waals surface area contributed by atoms with E-state index in [0.717, 1.165) is 76.1 Å². The lowest BCUT2D eigenvalue weighted by Gasteiger charge is -2.33. The van der Waals surface area contributed by atoms with Gasteiger partial charge < -0.3 is 14.4 Å². The second-order valence-corrected chi connectivity index (χ2v) is 10.8. The molecule has 7 heteroatoms. The van der Waals surface area contributed by atoms with Gasteiger partial charge in [0.05, 0.1) is 39.6 Å². The zero-order chi connectivity index (χ0) is 27.0. The second kappa shape index (κ2) is 10.3. The molecule has 1 fully saturated rings. The number of aromatic nitrogens is 5. The molecule has 1 aliphatic heterocycles. The molecule has 0 saturated carbocycles. The standard InChI is InChI=1S/C31H37N5O2/c1-7-8-9-10-20(2)29(22-13-15-38-16-14-22)36-26-18-24(31(4,5)37)11-12-25(26)28-27(36)17-23(19-32-28)30-21(3)33-34-35(30)6/h7-12,17-19,22,29,37H,2,13-16H2,1,3-6H3/b8-7-,10-9-/t29-/m1/s1. The average Bonchev–Trinajstić information content (AvgIpc) is 3.40. The molecule has 3 aromatic heterocycles. The van der Waals surface area contributed by atoms with Crippen LogP contribution < -0.4 is 0 Å². The molecule has 1 aliphatic rings. The number of aryl methyl sites for hydroxylation is 2. The molecule has 1 saturated heterocycles. The van der Waals surface area contributed by atoms with E-state index in [1.165, 1.54) is 0 Å². The number of ether oxygens (including phenoxy) is 1. The summed E-state index contributed by atoms with van der Waals surface area (Å²) in [5.41, 5.74) is 6.71. The lowest BCUT2D eigenvalue weighted by Crippen LogP contribution is -2.27. The van der Waals surface area contributed by atoms with Gasteiger partial charge in [0.1, 0.15) is 0 Å². The van der Waals surface area contributed by atoms with E-state index in [2.05, 4.69) is 51.8 Å². The molecule has 0 bridgehead atoms. The summed E-state index contributed by atoms with van der Waals surface area (Å²) in [4.78, 5) is 4.99. The summed E-state index contributed by atoms with van der Waals surface area (Å²) >= 11 is 0. The van der Waals surface area contributed by atoms with Gasteiger partial charge >= 0.3 is 0 Å². The van der Waals surface area contributed by atoms with Crippen LogP contribution in [0.15, 0.2) is 66.9 Å². The highest BCUT2D eigenvalue weighted by Crippen LogP contribution is 2.42. The van der Waals surface area contributed by atoms with E-state index in [4.69, 9.17) is 9.72 Å². The van der Waals surface area contributed by atoms with Crippen LogP contribution in [-0.4, -0.2) is 42.9 Å². The molecular weight excluding hydrogens is 474 g/mol. The zero-order valence-corrected chi connectivity index (χ0v) is 23.0. The van der Waals surface area contributed by atoms with Crippen LogP contribution >= 0.6 is 0 Å². The largest absolute Gasteiger partial charge is 0.386 e. The van der Waals surface area contributed by atoms with E-state index in [-0.39, 0.29) is 6.04 Å². The maximum Gasteiger partial charge on any atom is 0.0960 e. The topological polar surface area (TPSA) is 78.0 Å². The number of hydrogen-bond donors (Lipinski definition) is 1. The van der Waals surface area contributed by atoms with E-state index < -0.39 is 5.60 Å². The van der Waals surface area contributed by atoms with Crippen LogP contribution in [0.3, 0.4) is 0 Å². The lowest BCUT2D eigenvalue weighted by molar-refractivity contribution is 0.0552. The Morgan fingerprint density at radius 3 is 2.61 bits per heavy atom. The van der Waals surface area contributed by atoms with Gasteiger partial charge in [-0.3, -0.25) is 4.98 Å². The maximum atomic E-state index is 10.9. The van der Waals surface area contributed by atoms with Crippen molar-refractivity contribution in [2.75, 3.05) is 13.2 Å². The third-order valence-electron chi connectivity index (χ3n) is 7.60. The molecule has 198 valence electrons. The third-order valence-corrected chi connectivity index (χ3v) is 7.60. The third kappa shape index (κ3) is 4.72. The van der Waals surface area contributed by atoms with Crippen molar-refractivity contribution in [2.45, 2.75) is 52.2 Å². The van der Waals surface area contributed by atoms with Gasteiger partial charge in [-0.25, -0.2) is 4.68 Å². The van der Waals surface area contributed by atoms with Gasteiger partial charge in [0.2, 0.25) is 0 Å². The average molecular weight is 512 g/mol. The van der Waals surface area contributed by atoms with Gasteiger partial charge in [-0.1, -0.05) is 48.2 Å². The van der Waals surface area contributed by atoms with Crippen molar-refractivity contribution in [1.29, 1.82) is 0 Å². The number of rotatable bonds is 7. The van der Waals surface area contributed by atoms with Crippen LogP contribution in [0.2, 0.25) is 0 Å². The predicted molar refractivity (Wildman–Crippen MR) is 153 cm³/mol. The van der Waals surface area contributed by atoms with Crippen LogP contribution in [0.5, 0.6) is 0 Å². The van der Waals surface area contributed by atoms with Crippen molar-refractivity contribution in [1.82, 2.24) is 24.5 Å². The molecule has 0 radical (unpaired) electrons. The predicted octanol–water partition coefficient (Wildman–Crippen LogP) is 6.18. The Bertz CT molecular complexity index is 1520. The SMILES string of the molecule is C=C(/C=C\C=C/C)[C@H](C1CCOCC1)n1c2cc(C(C)(C)O)ccc2c2ncc(-c3c(C)nnn3C)cc21. The molecule has 1 aromatic carbocycles. The van der Waals surface area contributed by atoms with Gasteiger partial charge in [-0.15, -0.1) is 5.10 Å². The molecule has 0 unspecified atom stereocenters. The van der Waals surface area contributed by atoms with Gasteiger partial charge in [0, 0.05) is 37.4 Å². The minimum absolute atomic E-state index is 0.000250. The normalized spacial score (nSPS) is 16.4. The number of hydrogen-bond acceptors (Lipinski definition) is 5. The molecule has 4 aromatic rings. The number of benzene rings is 1. The molecule has 5 rings (SSSR count). The van der Waals surface area contributed by atoms with Crippen LogP contribution in [0.4, 0.5) is 0 Å². The Morgan fingerprint density at radius 2 is 1.95 bits per heavy atom. The fourth-order valence-corrected chi connectivity index (χ4v) is 5.67. The fraction of sp³-hybridized carbons (Fsp3) is 0.387. The zero-order valence-electron chi connectivity index (χ0n) is 23.0. The summed E-state index contributed by atoms with van der Waals surface area (Å²) in [7, 11) is 1.91. The van der Waals surface area contributed by atoms with E-state index in [1.54, 1.807) is 4.68 Å². The molecule has 38 heavy (non-hydrogen) atoms. The maximum absolute atomic E-state index is 10.9. The number of fused-ring (bicyclic) bond motifs is 3. The molecule has 0 aliphatic carbocycles. The summed E-state index contributed by atoms with van der Waals surface area (Å²) in [5, 5.41) is 20.4. The Morgan fingerprint density at radius 1 is 1.18 bits per heavy atom. The highest BCUT2D eigenvalue weighted by Gasteiger charge is 2.31. The van der Waals surface area contributed by atoms with E-state index in [1.807, 2.05) is 59.2 Å². The molecule has 0 amide bonds. The monoisotopic (exact) mass is 511 g/mol. The number of allylic oxidation sites excluding steroid dienone is 5. The van der Waals surface area contributed by atoms with Crippen LogP contribution in [-0.2, 0) is 17.4 Å². The number of aliphatic hydroxyl groups is 1. The van der Waals surface area contributed by atoms with Gasteiger partial charge in [-0.05, 0) is 69.7 Å². The Labute approximate surface area is 224 Å². The van der Waals surface area contributed by atoms with Crippen LogP contribution in [0.25, 0.3) is 33.2 Å². The van der Waals surface area contributed by atoms with Crippen LogP contribution in [0.1, 0.15) is 50.9 Å². The van der Waals surface area contributed by atoms with Crippen molar-refractivity contribution >= 4 is 21.9 Å². The Kier molecular flexibility index (Phi) is 7.07. The van der Waals surface area contributed by atoms with Gasteiger partial charge in [-0.2, -0.15) is 0 Å². The summed E-state index contributed by atoms with van der Waals surface area (Å²) in [6.07, 6.45) is 12.0. The van der Waals surface area contributed by atoms with Gasteiger partial charge in [0.15, 0.2) is 0 Å². The highest BCUT2D eigenvalue weighted by atomic mass is 16.5. The molecule has 0 spiro atoms. The first-order valence-electron chi connectivity index (χ1n) is 13.3. The first-order chi connectivity index (χ1) is 18.2. The van der Waals surface area contributed by atoms with E-state index in [9.17, 15) is 5.11 Å². The smallest absolute Gasteiger partial charge is 0.0960 e. The minimum atomic E-state index is -0.970. The quantitative estimate of drug-likeness (QED) is 0.300. The molecule has 1 N–H and O–H groups in total. The number of pyridine rings is 1. The van der Waals surface area contributed by atoms with Crippen LogP contribution in [0, 0.1) is 12.8 Å². The first-order valence-corrected chi connectivity index (χ1v) is 13.3. The second-order valence-electron chi connectivity index (χ2n) is 10.8. The summed E-state index contributed by atoms with van der Waals surface area (Å²) in [6, 6.07) is 8.40. The van der Waals surface area contributed by atoms with E-state index >= 15 is 0 Å². The van der Waals surface area contributed by atoms with Crippen molar-refractivity contribution in [3.8, 4) is 11.3 Å². The number of nitrogens with zero attached hydrogens (tertiary/aromatic N) is 5. The molecule has 4 heterocycles. The van der Waals surface area contributed by atoms with Crippen molar-refractivity contribution in [2.24, 2.45) is 13.0 Å². The molecule has 1 atom stereocenters. The van der Waals surface area contributed by atoms with Gasteiger partial charge in [0.25, 0.3) is 0 Å².